The van der Waals surface area contributed by atoms with Crippen LogP contribution in [0, 0.1) is 6.92 Å². The van der Waals surface area contributed by atoms with E-state index in [1.54, 1.807) is 0 Å². The van der Waals surface area contributed by atoms with Gasteiger partial charge in [-0.3, -0.25) is 4.79 Å². The highest BCUT2D eigenvalue weighted by atomic mass is 16.5. The standard InChI is InChI=1S/C22H24N4O3/c1-16-6-8-17(9-7-16)22-25-24-21(29-22)11-10-20(27)23-18-4-2-3-5-19(18)26-12-14-28-15-13-26/h2-9H,10-15H2,1H3,(H,23,27). The lowest BCUT2D eigenvalue weighted by atomic mass is 10.1. The van der Waals surface area contributed by atoms with Crippen LogP contribution in [-0.2, 0) is 16.0 Å². The maximum absolute atomic E-state index is 12.5. The lowest BCUT2D eigenvalue weighted by molar-refractivity contribution is -0.116. The summed E-state index contributed by atoms with van der Waals surface area (Å²) in [5, 5.41) is 11.2. The smallest absolute Gasteiger partial charge is 0.247 e. The topological polar surface area (TPSA) is 80.5 Å². The Kier molecular flexibility index (Phi) is 5.86. The van der Waals surface area contributed by atoms with Crippen LogP contribution in [0.4, 0.5) is 11.4 Å². The molecular formula is C22H24N4O3. The molecule has 150 valence electrons. The van der Waals surface area contributed by atoms with Crippen molar-refractivity contribution in [2.45, 2.75) is 19.8 Å². The Morgan fingerprint density at radius 2 is 1.83 bits per heavy atom. The normalized spacial score (nSPS) is 14.0. The van der Waals surface area contributed by atoms with Crippen LogP contribution < -0.4 is 10.2 Å². The number of anilines is 2. The molecule has 1 N–H and O–H groups in total. The van der Waals surface area contributed by atoms with E-state index >= 15 is 0 Å². The number of amides is 1. The van der Waals surface area contributed by atoms with Crippen LogP contribution in [0.3, 0.4) is 0 Å². The van der Waals surface area contributed by atoms with Crippen LogP contribution in [-0.4, -0.2) is 42.4 Å². The summed E-state index contributed by atoms with van der Waals surface area (Å²) in [5.41, 5.74) is 3.87. The molecule has 1 aliphatic heterocycles. The van der Waals surface area contributed by atoms with E-state index in [4.69, 9.17) is 9.15 Å². The number of para-hydroxylation sites is 2. The summed E-state index contributed by atoms with van der Waals surface area (Å²) in [5.74, 6) is 0.844. The summed E-state index contributed by atoms with van der Waals surface area (Å²) in [6.07, 6.45) is 0.664. The maximum atomic E-state index is 12.5. The summed E-state index contributed by atoms with van der Waals surface area (Å²) in [6.45, 7) is 5.05. The SMILES string of the molecule is Cc1ccc(-c2nnc(CCC(=O)Nc3ccccc3N3CCOCC3)o2)cc1. The van der Waals surface area contributed by atoms with Gasteiger partial charge in [-0.05, 0) is 31.2 Å². The average Bonchev–Trinajstić information content (AvgIpc) is 3.23. The van der Waals surface area contributed by atoms with Gasteiger partial charge in [-0.25, -0.2) is 0 Å². The van der Waals surface area contributed by atoms with Gasteiger partial charge in [-0.1, -0.05) is 29.8 Å². The monoisotopic (exact) mass is 392 g/mol. The Hall–Kier alpha value is -3.19. The molecule has 1 aromatic heterocycles. The molecule has 1 aliphatic rings. The summed E-state index contributed by atoms with van der Waals surface area (Å²) in [6, 6.07) is 15.7. The Labute approximate surface area is 169 Å². The highest BCUT2D eigenvalue weighted by molar-refractivity contribution is 5.94. The Morgan fingerprint density at radius 1 is 1.07 bits per heavy atom. The van der Waals surface area contributed by atoms with E-state index in [1.807, 2.05) is 55.5 Å². The number of nitrogens with zero attached hydrogens (tertiary/aromatic N) is 3. The Morgan fingerprint density at radius 3 is 2.62 bits per heavy atom. The van der Waals surface area contributed by atoms with Gasteiger partial charge in [0.1, 0.15) is 0 Å². The van der Waals surface area contributed by atoms with Crippen molar-refractivity contribution in [1.29, 1.82) is 0 Å². The number of benzene rings is 2. The first-order valence-corrected chi connectivity index (χ1v) is 9.80. The van der Waals surface area contributed by atoms with Gasteiger partial charge >= 0.3 is 0 Å². The van der Waals surface area contributed by atoms with Gasteiger partial charge < -0.3 is 19.4 Å². The predicted molar refractivity (Wildman–Crippen MR) is 111 cm³/mol. The number of carbonyl (C=O) groups excluding carboxylic acids is 1. The fraction of sp³-hybridized carbons (Fsp3) is 0.318. The molecule has 0 saturated carbocycles. The van der Waals surface area contributed by atoms with E-state index in [1.165, 1.54) is 5.56 Å². The van der Waals surface area contributed by atoms with Crippen LogP contribution in [0.1, 0.15) is 17.9 Å². The van der Waals surface area contributed by atoms with Crippen molar-refractivity contribution < 1.29 is 13.9 Å². The second-order valence-corrected chi connectivity index (χ2v) is 7.03. The quantitative estimate of drug-likeness (QED) is 0.692. The minimum atomic E-state index is -0.0826. The van der Waals surface area contributed by atoms with Crippen LogP contribution in [0.15, 0.2) is 52.9 Å². The van der Waals surface area contributed by atoms with Crippen molar-refractivity contribution in [1.82, 2.24) is 10.2 Å². The zero-order chi connectivity index (χ0) is 20.1. The lowest BCUT2D eigenvalue weighted by Crippen LogP contribution is -2.36. The highest BCUT2D eigenvalue weighted by Crippen LogP contribution is 2.26. The maximum Gasteiger partial charge on any atom is 0.247 e. The second kappa shape index (κ2) is 8.87. The van der Waals surface area contributed by atoms with Crippen molar-refractivity contribution in [2.24, 2.45) is 0 Å². The predicted octanol–water partition coefficient (Wildman–Crippen LogP) is 3.45. The van der Waals surface area contributed by atoms with Gasteiger partial charge in [0.25, 0.3) is 0 Å². The van der Waals surface area contributed by atoms with Gasteiger partial charge in [-0.2, -0.15) is 0 Å². The summed E-state index contributed by atoms with van der Waals surface area (Å²) < 4.78 is 11.1. The zero-order valence-electron chi connectivity index (χ0n) is 16.4. The number of carbonyl (C=O) groups is 1. The number of hydrogen-bond acceptors (Lipinski definition) is 6. The molecule has 0 radical (unpaired) electrons. The fourth-order valence-corrected chi connectivity index (χ4v) is 3.26. The molecule has 7 nitrogen and oxygen atoms in total. The third-order valence-electron chi connectivity index (χ3n) is 4.86. The molecule has 0 atom stereocenters. The van der Waals surface area contributed by atoms with E-state index in [9.17, 15) is 4.79 Å². The zero-order valence-corrected chi connectivity index (χ0v) is 16.4. The molecule has 7 heteroatoms. The molecule has 4 rings (SSSR count). The van der Waals surface area contributed by atoms with Crippen LogP contribution >= 0.6 is 0 Å². The average molecular weight is 392 g/mol. The van der Waals surface area contributed by atoms with Gasteiger partial charge in [0.15, 0.2) is 0 Å². The van der Waals surface area contributed by atoms with E-state index in [0.29, 0.717) is 31.4 Å². The third-order valence-corrected chi connectivity index (χ3v) is 4.86. The highest BCUT2D eigenvalue weighted by Gasteiger charge is 2.16. The van der Waals surface area contributed by atoms with Crippen LogP contribution in [0.2, 0.25) is 0 Å². The number of ether oxygens (including phenoxy) is 1. The minimum absolute atomic E-state index is 0.0826. The molecule has 1 amide bonds. The van der Waals surface area contributed by atoms with Crippen molar-refractivity contribution in [3.05, 3.63) is 60.0 Å². The molecule has 2 aromatic carbocycles. The molecule has 3 aromatic rings. The molecule has 0 spiro atoms. The number of nitrogens with one attached hydrogen (secondary N) is 1. The van der Waals surface area contributed by atoms with Gasteiger partial charge in [0, 0.05) is 31.5 Å². The van der Waals surface area contributed by atoms with Crippen molar-refractivity contribution in [3.63, 3.8) is 0 Å². The minimum Gasteiger partial charge on any atom is -0.421 e. The summed E-state index contributed by atoms with van der Waals surface area (Å²) in [7, 11) is 0. The number of hydrogen-bond donors (Lipinski definition) is 1. The Bertz CT molecular complexity index is 962. The van der Waals surface area contributed by atoms with Crippen molar-refractivity contribution >= 4 is 17.3 Å². The third kappa shape index (κ3) is 4.81. The molecule has 29 heavy (non-hydrogen) atoms. The van der Waals surface area contributed by atoms with Crippen molar-refractivity contribution in [2.75, 3.05) is 36.5 Å². The second-order valence-electron chi connectivity index (χ2n) is 7.03. The molecule has 2 heterocycles. The van der Waals surface area contributed by atoms with Gasteiger partial charge in [-0.15, -0.1) is 10.2 Å². The van der Waals surface area contributed by atoms with Crippen LogP contribution in [0.25, 0.3) is 11.5 Å². The van der Waals surface area contributed by atoms with E-state index < -0.39 is 0 Å². The molecular weight excluding hydrogens is 368 g/mol. The summed E-state index contributed by atoms with van der Waals surface area (Å²) >= 11 is 0. The largest absolute Gasteiger partial charge is 0.421 e. The first kappa shape index (κ1) is 19.1. The first-order chi connectivity index (χ1) is 14.2. The fourth-order valence-electron chi connectivity index (χ4n) is 3.26. The molecule has 0 bridgehead atoms. The van der Waals surface area contributed by atoms with Crippen molar-refractivity contribution in [3.8, 4) is 11.5 Å². The number of rotatable bonds is 6. The number of morpholine rings is 1. The number of aromatic nitrogens is 2. The molecule has 1 fully saturated rings. The van der Waals surface area contributed by atoms with E-state index in [2.05, 4.69) is 20.4 Å². The first-order valence-electron chi connectivity index (χ1n) is 9.80. The van der Waals surface area contributed by atoms with E-state index in [-0.39, 0.29) is 12.3 Å². The Balaban J connectivity index is 1.36. The van der Waals surface area contributed by atoms with Gasteiger partial charge in [0.2, 0.25) is 17.7 Å². The summed E-state index contributed by atoms with van der Waals surface area (Å²) in [4.78, 5) is 14.7. The molecule has 0 aliphatic carbocycles. The lowest BCUT2D eigenvalue weighted by Gasteiger charge is -2.30. The number of aryl methyl sites for hydroxylation is 2. The molecule has 1 saturated heterocycles. The molecule has 0 unspecified atom stereocenters. The van der Waals surface area contributed by atoms with Gasteiger partial charge in [0.05, 0.1) is 24.6 Å². The van der Waals surface area contributed by atoms with E-state index in [0.717, 1.165) is 30.0 Å². The van der Waals surface area contributed by atoms with Crippen LogP contribution in [0.5, 0.6) is 0 Å².